The predicted octanol–water partition coefficient (Wildman–Crippen LogP) is 3.42. The van der Waals surface area contributed by atoms with Gasteiger partial charge in [0.15, 0.2) is 0 Å². The molecule has 106 valence electrons. The fourth-order valence-electron chi connectivity index (χ4n) is 2.84. The Morgan fingerprint density at radius 1 is 1.10 bits per heavy atom. The van der Waals surface area contributed by atoms with Crippen molar-refractivity contribution in [3.8, 4) is 11.4 Å². The highest BCUT2D eigenvalue weighted by Crippen LogP contribution is 2.36. The summed E-state index contributed by atoms with van der Waals surface area (Å²) in [5, 5.41) is 3.12. The van der Waals surface area contributed by atoms with Crippen molar-refractivity contribution >= 4 is 11.3 Å². The summed E-state index contributed by atoms with van der Waals surface area (Å²) in [6.07, 6.45) is 10.5. The SMILES string of the molecule is Cc1nccnc1-c1csc(C2(N)CCCCCC2)n1. The maximum absolute atomic E-state index is 6.62. The van der Waals surface area contributed by atoms with Crippen LogP contribution in [-0.4, -0.2) is 15.0 Å². The highest BCUT2D eigenvalue weighted by Gasteiger charge is 2.31. The molecule has 4 nitrogen and oxygen atoms in total. The van der Waals surface area contributed by atoms with Gasteiger partial charge in [0.1, 0.15) is 16.4 Å². The van der Waals surface area contributed by atoms with Crippen molar-refractivity contribution in [1.29, 1.82) is 0 Å². The minimum absolute atomic E-state index is 0.241. The molecular weight excluding hydrogens is 268 g/mol. The Hall–Kier alpha value is -1.33. The molecule has 2 aromatic heterocycles. The quantitative estimate of drug-likeness (QED) is 0.860. The van der Waals surface area contributed by atoms with E-state index in [9.17, 15) is 0 Å². The third-order valence-electron chi connectivity index (χ3n) is 4.05. The highest BCUT2D eigenvalue weighted by atomic mass is 32.1. The maximum atomic E-state index is 6.62. The minimum atomic E-state index is -0.241. The third kappa shape index (κ3) is 2.60. The Labute approximate surface area is 123 Å². The number of aryl methyl sites for hydroxylation is 1. The minimum Gasteiger partial charge on any atom is -0.319 e. The van der Waals surface area contributed by atoms with E-state index in [0.717, 1.165) is 34.9 Å². The van der Waals surface area contributed by atoms with E-state index < -0.39 is 0 Å². The molecule has 1 fully saturated rings. The Bertz CT molecular complexity index is 585. The average molecular weight is 288 g/mol. The normalized spacial score (nSPS) is 18.7. The van der Waals surface area contributed by atoms with Crippen molar-refractivity contribution in [2.24, 2.45) is 5.73 Å². The van der Waals surface area contributed by atoms with Gasteiger partial charge in [-0.3, -0.25) is 9.97 Å². The van der Waals surface area contributed by atoms with Crippen molar-refractivity contribution in [2.75, 3.05) is 0 Å². The van der Waals surface area contributed by atoms with Gasteiger partial charge in [-0.2, -0.15) is 0 Å². The second-order valence-electron chi connectivity index (χ2n) is 5.60. The molecule has 1 aliphatic carbocycles. The zero-order valence-corrected chi connectivity index (χ0v) is 12.6. The number of aromatic nitrogens is 3. The van der Waals surface area contributed by atoms with E-state index in [-0.39, 0.29) is 5.54 Å². The Morgan fingerprint density at radius 3 is 2.50 bits per heavy atom. The molecule has 20 heavy (non-hydrogen) atoms. The van der Waals surface area contributed by atoms with E-state index in [1.54, 1.807) is 23.7 Å². The lowest BCUT2D eigenvalue weighted by Crippen LogP contribution is -2.35. The fraction of sp³-hybridized carbons (Fsp3) is 0.533. The topological polar surface area (TPSA) is 64.7 Å². The summed E-state index contributed by atoms with van der Waals surface area (Å²) in [6, 6.07) is 0. The van der Waals surface area contributed by atoms with E-state index in [1.807, 2.05) is 6.92 Å². The van der Waals surface area contributed by atoms with E-state index in [4.69, 9.17) is 10.7 Å². The zero-order chi connectivity index (χ0) is 14.0. The molecular formula is C15H20N4S. The molecule has 2 heterocycles. The molecule has 3 rings (SSSR count). The molecule has 0 unspecified atom stereocenters. The lowest BCUT2D eigenvalue weighted by molar-refractivity contribution is 0.384. The molecule has 0 atom stereocenters. The highest BCUT2D eigenvalue weighted by molar-refractivity contribution is 7.10. The number of thiazole rings is 1. The first kappa shape index (κ1) is 13.6. The van der Waals surface area contributed by atoms with Gasteiger partial charge in [0.2, 0.25) is 0 Å². The fourth-order valence-corrected chi connectivity index (χ4v) is 3.82. The van der Waals surface area contributed by atoms with Crippen molar-refractivity contribution in [2.45, 2.75) is 51.0 Å². The Balaban J connectivity index is 1.92. The predicted molar refractivity (Wildman–Crippen MR) is 81.4 cm³/mol. The standard InChI is InChI=1S/C15H20N4S/c1-11-13(18-9-8-17-11)12-10-20-14(19-12)15(16)6-4-2-3-5-7-15/h8-10H,2-7,16H2,1H3. The van der Waals surface area contributed by atoms with E-state index in [2.05, 4.69) is 15.3 Å². The molecule has 0 amide bonds. The number of nitrogens with zero attached hydrogens (tertiary/aromatic N) is 3. The maximum Gasteiger partial charge on any atom is 0.113 e. The van der Waals surface area contributed by atoms with Crippen LogP contribution in [0.2, 0.25) is 0 Å². The largest absolute Gasteiger partial charge is 0.319 e. The van der Waals surface area contributed by atoms with Crippen LogP contribution in [0.25, 0.3) is 11.4 Å². The first-order valence-electron chi connectivity index (χ1n) is 7.22. The van der Waals surface area contributed by atoms with Gasteiger partial charge in [-0.25, -0.2) is 4.98 Å². The van der Waals surface area contributed by atoms with Crippen molar-refractivity contribution in [1.82, 2.24) is 15.0 Å². The molecule has 0 spiro atoms. The molecule has 0 aromatic carbocycles. The molecule has 1 saturated carbocycles. The van der Waals surface area contributed by atoms with Gasteiger partial charge in [-0.1, -0.05) is 25.7 Å². The van der Waals surface area contributed by atoms with Gasteiger partial charge in [0.05, 0.1) is 11.2 Å². The van der Waals surface area contributed by atoms with Gasteiger partial charge < -0.3 is 5.73 Å². The van der Waals surface area contributed by atoms with Crippen LogP contribution in [0.3, 0.4) is 0 Å². The van der Waals surface area contributed by atoms with E-state index >= 15 is 0 Å². The first-order chi connectivity index (χ1) is 9.69. The van der Waals surface area contributed by atoms with Gasteiger partial charge in [0.25, 0.3) is 0 Å². The molecule has 2 aromatic rings. The smallest absolute Gasteiger partial charge is 0.113 e. The van der Waals surface area contributed by atoms with Crippen LogP contribution in [0.5, 0.6) is 0 Å². The van der Waals surface area contributed by atoms with Gasteiger partial charge in [-0.15, -0.1) is 11.3 Å². The van der Waals surface area contributed by atoms with E-state index in [1.165, 1.54) is 25.7 Å². The zero-order valence-electron chi connectivity index (χ0n) is 11.8. The lowest BCUT2D eigenvalue weighted by atomic mass is 9.92. The summed E-state index contributed by atoms with van der Waals surface area (Å²) < 4.78 is 0. The lowest BCUT2D eigenvalue weighted by Gasteiger charge is -2.25. The summed E-state index contributed by atoms with van der Waals surface area (Å²) in [5.41, 5.74) is 9.07. The summed E-state index contributed by atoms with van der Waals surface area (Å²) in [5.74, 6) is 0. The van der Waals surface area contributed by atoms with Crippen molar-refractivity contribution in [3.63, 3.8) is 0 Å². The molecule has 0 bridgehead atoms. The van der Waals surface area contributed by atoms with Gasteiger partial charge in [0, 0.05) is 17.8 Å². The van der Waals surface area contributed by atoms with Crippen molar-refractivity contribution in [3.05, 3.63) is 28.5 Å². The Kier molecular flexibility index (Phi) is 3.81. The molecule has 2 N–H and O–H groups in total. The number of nitrogens with two attached hydrogens (primary N) is 1. The second-order valence-corrected chi connectivity index (χ2v) is 6.46. The van der Waals surface area contributed by atoms with Crippen LogP contribution >= 0.6 is 11.3 Å². The van der Waals surface area contributed by atoms with Crippen LogP contribution in [-0.2, 0) is 5.54 Å². The van der Waals surface area contributed by atoms with Gasteiger partial charge >= 0.3 is 0 Å². The first-order valence-corrected chi connectivity index (χ1v) is 8.10. The van der Waals surface area contributed by atoms with E-state index in [0.29, 0.717) is 0 Å². The third-order valence-corrected chi connectivity index (χ3v) is 5.11. The monoisotopic (exact) mass is 288 g/mol. The second kappa shape index (κ2) is 5.58. The van der Waals surface area contributed by atoms with Crippen LogP contribution in [0.15, 0.2) is 17.8 Å². The van der Waals surface area contributed by atoms with Crippen LogP contribution in [0, 0.1) is 6.92 Å². The average Bonchev–Trinajstić information content (AvgIpc) is 2.84. The number of rotatable bonds is 2. The molecule has 5 heteroatoms. The molecule has 0 saturated heterocycles. The van der Waals surface area contributed by atoms with Crippen LogP contribution < -0.4 is 5.73 Å². The van der Waals surface area contributed by atoms with Crippen LogP contribution in [0.4, 0.5) is 0 Å². The molecule has 0 aliphatic heterocycles. The number of hydrogen-bond acceptors (Lipinski definition) is 5. The summed E-state index contributed by atoms with van der Waals surface area (Å²) in [4.78, 5) is 13.4. The number of hydrogen-bond donors (Lipinski definition) is 1. The summed E-state index contributed by atoms with van der Waals surface area (Å²) in [7, 11) is 0. The van der Waals surface area contributed by atoms with Gasteiger partial charge in [-0.05, 0) is 19.8 Å². The summed E-state index contributed by atoms with van der Waals surface area (Å²) >= 11 is 1.66. The van der Waals surface area contributed by atoms with Crippen molar-refractivity contribution < 1.29 is 0 Å². The molecule has 1 aliphatic rings. The van der Waals surface area contributed by atoms with Crippen LogP contribution in [0.1, 0.15) is 49.2 Å². The molecule has 0 radical (unpaired) electrons. The Morgan fingerprint density at radius 2 is 1.80 bits per heavy atom. The summed E-state index contributed by atoms with van der Waals surface area (Å²) in [6.45, 7) is 1.96.